The summed E-state index contributed by atoms with van der Waals surface area (Å²) in [7, 11) is 0. The number of benzene rings is 2. The number of alkyl halides is 6. The van der Waals surface area contributed by atoms with Crippen LogP contribution in [0, 0.1) is 5.82 Å². The van der Waals surface area contributed by atoms with Crippen LogP contribution in [0.25, 0.3) is 0 Å². The van der Waals surface area contributed by atoms with Gasteiger partial charge in [-0.3, -0.25) is 0 Å². The average molecular weight is 520 g/mol. The monoisotopic (exact) mass is 519 g/mol. The molecular weight excluding hydrogens is 495 g/mol. The summed E-state index contributed by atoms with van der Waals surface area (Å²) in [5.41, 5.74) is 2.44. The number of nitrogens with two attached hydrogens (primary N) is 1. The van der Waals surface area contributed by atoms with Crippen LogP contribution >= 0.6 is 12.4 Å². The van der Waals surface area contributed by atoms with Gasteiger partial charge in [0, 0.05) is 0 Å². The fourth-order valence-electron chi connectivity index (χ4n) is 3.09. The van der Waals surface area contributed by atoms with Crippen molar-refractivity contribution in [2.45, 2.75) is 43.6 Å². The standard InChI is InChI=1S/C22H24F7NO3.ClH/c23-18-5-3-14(10-16(18)21(24,25)26)2-1-9-33-19-6-4-15(11-17(19)22(27,28)29)7-8-20(30,12-31)13-32;/h3-6,10-11,31-32H,1-2,7-9,12-13,30H2;1H. The van der Waals surface area contributed by atoms with Gasteiger partial charge in [-0.25, -0.2) is 4.39 Å². The van der Waals surface area contributed by atoms with Crippen molar-refractivity contribution in [3.8, 4) is 5.75 Å². The molecule has 34 heavy (non-hydrogen) atoms. The fraction of sp³-hybridized carbons (Fsp3) is 0.455. The summed E-state index contributed by atoms with van der Waals surface area (Å²) in [6.07, 6.45) is -9.30. The van der Waals surface area contributed by atoms with E-state index < -0.39 is 53.8 Å². The molecule has 0 unspecified atom stereocenters. The predicted molar refractivity (Wildman–Crippen MR) is 113 cm³/mol. The molecule has 2 rings (SSSR count). The number of hydrogen-bond acceptors (Lipinski definition) is 4. The Balaban J connectivity index is 0.00000578. The van der Waals surface area contributed by atoms with Crippen LogP contribution in [0.3, 0.4) is 0 Å². The minimum atomic E-state index is -4.85. The third kappa shape index (κ3) is 8.30. The maximum atomic E-state index is 13.5. The van der Waals surface area contributed by atoms with Gasteiger partial charge in [-0.2, -0.15) is 26.3 Å². The van der Waals surface area contributed by atoms with E-state index in [1.807, 2.05) is 0 Å². The van der Waals surface area contributed by atoms with Crippen molar-refractivity contribution in [2.24, 2.45) is 5.73 Å². The molecule has 0 spiro atoms. The minimum absolute atomic E-state index is 0. The first kappa shape index (κ1) is 30.0. The molecule has 0 aliphatic heterocycles. The van der Waals surface area contributed by atoms with Crippen molar-refractivity contribution in [3.05, 3.63) is 64.5 Å². The van der Waals surface area contributed by atoms with E-state index in [1.54, 1.807) is 0 Å². The second kappa shape index (κ2) is 12.1. The average Bonchev–Trinajstić information content (AvgIpc) is 2.75. The fourth-order valence-corrected chi connectivity index (χ4v) is 3.09. The highest BCUT2D eigenvalue weighted by Gasteiger charge is 2.35. The van der Waals surface area contributed by atoms with Crippen LogP contribution in [0.15, 0.2) is 36.4 Å². The Kier molecular flexibility index (Phi) is 10.6. The second-order valence-corrected chi connectivity index (χ2v) is 7.77. The third-order valence-electron chi connectivity index (χ3n) is 5.09. The maximum absolute atomic E-state index is 13.5. The van der Waals surface area contributed by atoms with Gasteiger partial charge in [-0.15, -0.1) is 12.4 Å². The van der Waals surface area contributed by atoms with Crippen LogP contribution in [0.4, 0.5) is 30.7 Å². The molecule has 4 nitrogen and oxygen atoms in total. The zero-order valence-corrected chi connectivity index (χ0v) is 18.7. The topological polar surface area (TPSA) is 75.7 Å². The minimum Gasteiger partial charge on any atom is -0.493 e. The van der Waals surface area contributed by atoms with Gasteiger partial charge in [0.25, 0.3) is 0 Å². The Labute approximate surface area is 197 Å². The molecule has 12 heteroatoms. The number of aliphatic hydroxyl groups is 2. The highest BCUT2D eigenvalue weighted by molar-refractivity contribution is 5.85. The number of halogens is 8. The van der Waals surface area contributed by atoms with E-state index in [0.717, 1.165) is 12.1 Å². The van der Waals surface area contributed by atoms with Crippen LogP contribution < -0.4 is 10.5 Å². The maximum Gasteiger partial charge on any atom is 0.419 e. The number of ether oxygens (including phenoxy) is 1. The molecule has 0 amide bonds. The molecule has 2 aromatic carbocycles. The van der Waals surface area contributed by atoms with Crippen molar-refractivity contribution in [3.63, 3.8) is 0 Å². The van der Waals surface area contributed by atoms with Crippen molar-refractivity contribution in [1.82, 2.24) is 0 Å². The number of aryl methyl sites for hydroxylation is 2. The number of hydrogen-bond donors (Lipinski definition) is 3. The lowest BCUT2D eigenvalue weighted by atomic mass is 9.93. The molecule has 0 heterocycles. The van der Waals surface area contributed by atoms with Crippen LogP contribution in [0.2, 0.25) is 0 Å². The molecule has 192 valence electrons. The van der Waals surface area contributed by atoms with Crippen LogP contribution in [-0.4, -0.2) is 35.6 Å². The van der Waals surface area contributed by atoms with Gasteiger partial charge in [0.15, 0.2) is 0 Å². The molecule has 0 saturated carbocycles. The van der Waals surface area contributed by atoms with Crippen molar-refractivity contribution in [1.29, 1.82) is 0 Å². The van der Waals surface area contributed by atoms with Gasteiger partial charge in [0.2, 0.25) is 0 Å². The molecule has 0 bridgehead atoms. The van der Waals surface area contributed by atoms with Crippen molar-refractivity contribution in [2.75, 3.05) is 19.8 Å². The first-order chi connectivity index (χ1) is 15.3. The lowest BCUT2D eigenvalue weighted by Gasteiger charge is -2.24. The van der Waals surface area contributed by atoms with Gasteiger partial charge in [0.05, 0.1) is 36.5 Å². The second-order valence-electron chi connectivity index (χ2n) is 7.77. The van der Waals surface area contributed by atoms with E-state index >= 15 is 0 Å². The molecule has 4 N–H and O–H groups in total. The highest BCUT2D eigenvalue weighted by Crippen LogP contribution is 2.37. The van der Waals surface area contributed by atoms with Gasteiger partial charge in [0.1, 0.15) is 11.6 Å². The van der Waals surface area contributed by atoms with E-state index in [9.17, 15) is 40.9 Å². The molecular formula is C22H25ClF7NO3. The smallest absolute Gasteiger partial charge is 0.419 e. The quantitative estimate of drug-likeness (QED) is 0.308. The number of rotatable bonds is 10. The van der Waals surface area contributed by atoms with Gasteiger partial charge in [-0.05, 0) is 61.1 Å². The molecule has 0 saturated heterocycles. The van der Waals surface area contributed by atoms with E-state index in [4.69, 9.17) is 10.5 Å². The lowest BCUT2D eigenvalue weighted by molar-refractivity contribution is -0.140. The summed E-state index contributed by atoms with van der Waals surface area (Å²) in [5, 5.41) is 18.4. The SMILES string of the molecule is Cl.NC(CO)(CO)CCc1ccc(OCCCc2ccc(F)c(C(F)(F)F)c2)c(C(F)(F)F)c1. The van der Waals surface area contributed by atoms with Crippen LogP contribution in [0.1, 0.15) is 35.1 Å². The molecule has 0 atom stereocenters. The Morgan fingerprint density at radius 3 is 1.88 bits per heavy atom. The van der Waals surface area contributed by atoms with Crippen LogP contribution in [-0.2, 0) is 25.2 Å². The van der Waals surface area contributed by atoms with Gasteiger partial charge < -0.3 is 20.7 Å². The summed E-state index contributed by atoms with van der Waals surface area (Å²) in [5.74, 6) is -1.84. The summed E-state index contributed by atoms with van der Waals surface area (Å²) in [4.78, 5) is 0. The molecule has 0 aliphatic rings. The summed E-state index contributed by atoms with van der Waals surface area (Å²) in [6, 6.07) is 5.96. The van der Waals surface area contributed by atoms with E-state index in [0.29, 0.717) is 12.1 Å². The Bertz CT molecular complexity index is 932. The largest absolute Gasteiger partial charge is 0.493 e. The predicted octanol–water partition coefficient (Wildman–Crippen LogP) is 4.91. The van der Waals surface area contributed by atoms with Gasteiger partial charge >= 0.3 is 12.4 Å². The van der Waals surface area contributed by atoms with E-state index in [2.05, 4.69) is 0 Å². The summed E-state index contributed by atoms with van der Waals surface area (Å²) in [6.45, 7) is -1.27. The normalized spacial score (nSPS) is 12.4. The highest BCUT2D eigenvalue weighted by atomic mass is 35.5. The zero-order valence-electron chi connectivity index (χ0n) is 17.8. The van der Waals surface area contributed by atoms with Gasteiger partial charge in [-0.1, -0.05) is 12.1 Å². The summed E-state index contributed by atoms with van der Waals surface area (Å²) >= 11 is 0. The lowest BCUT2D eigenvalue weighted by Crippen LogP contribution is -2.47. The Hall–Kier alpha value is -2.08. The summed E-state index contributed by atoms with van der Waals surface area (Å²) < 4.78 is 97.4. The zero-order chi connectivity index (χ0) is 24.9. The van der Waals surface area contributed by atoms with Crippen molar-refractivity contribution < 1.29 is 45.7 Å². The first-order valence-corrected chi connectivity index (χ1v) is 9.98. The number of aliphatic hydroxyl groups excluding tert-OH is 2. The Morgan fingerprint density at radius 1 is 0.794 bits per heavy atom. The van der Waals surface area contributed by atoms with E-state index in [-0.39, 0.29) is 55.8 Å². The van der Waals surface area contributed by atoms with Crippen molar-refractivity contribution >= 4 is 12.4 Å². The molecule has 0 radical (unpaired) electrons. The molecule has 0 fully saturated rings. The Morgan fingerprint density at radius 2 is 1.32 bits per heavy atom. The van der Waals surface area contributed by atoms with E-state index in [1.165, 1.54) is 12.1 Å². The first-order valence-electron chi connectivity index (χ1n) is 9.98. The molecule has 0 aromatic heterocycles. The third-order valence-corrected chi connectivity index (χ3v) is 5.09. The molecule has 0 aliphatic carbocycles. The molecule has 2 aromatic rings. The van der Waals surface area contributed by atoms with Crippen LogP contribution in [0.5, 0.6) is 5.75 Å².